The number of hydrogen-bond donors (Lipinski definition) is 2. The number of amides is 1. The Morgan fingerprint density at radius 3 is 2.75 bits per heavy atom. The summed E-state index contributed by atoms with van der Waals surface area (Å²) in [5.74, 6) is 0.542. The molecule has 0 fully saturated rings. The topological polar surface area (TPSA) is 97.2 Å². The van der Waals surface area contributed by atoms with E-state index >= 15 is 0 Å². The SMILES string of the molecule is CNc1cc(C(=O)NCCCC(C)C)c([N+](=O)[O-])cn1. The van der Waals surface area contributed by atoms with Gasteiger partial charge in [-0.25, -0.2) is 4.98 Å². The minimum atomic E-state index is -0.602. The zero-order chi connectivity index (χ0) is 15.1. The van der Waals surface area contributed by atoms with E-state index in [0.29, 0.717) is 18.3 Å². The van der Waals surface area contributed by atoms with Gasteiger partial charge in [0.15, 0.2) is 0 Å². The van der Waals surface area contributed by atoms with Gasteiger partial charge in [0.1, 0.15) is 17.6 Å². The Morgan fingerprint density at radius 1 is 1.50 bits per heavy atom. The highest BCUT2D eigenvalue weighted by atomic mass is 16.6. The molecule has 0 saturated heterocycles. The molecule has 0 bridgehead atoms. The molecule has 1 aromatic heterocycles. The lowest BCUT2D eigenvalue weighted by Crippen LogP contribution is -2.25. The van der Waals surface area contributed by atoms with Crippen LogP contribution in [0.1, 0.15) is 37.0 Å². The van der Waals surface area contributed by atoms with Crippen molar-refractivity contribution in [2.24, 2.45) is 5.92 Å². The predicted octanol–water partition coefficient (Wildman–Crippen LogP) is 2.20. The zero-order valence-corrected chi connectivity index (χ0v) is 12.0. The quantitative estimate of drug-likeness (QED) is 0.453. The third kappa shape index (κ3) is 4.49. The number of carbonyl (C=O) groups excluding carboxylic acids is 1. The molecule has 0 aliphatic carbocycles. The summed E-state index contributed by atoms with van der Waals surface area (Å²) in [5.41, 5.74) is -0.260. The lowest BCUT2D eigenvalue weighted by atomic mass is 10.1. The highest BCUT2D eigenvalue weighted by molar-refractivity contribution is 5.98. The fourth-order valence-corrected chi connectivity index (χ4v) is 1.72. The number of aromatic nitrogens is 1. The zero-order valence-electron chi connectivity index (χ0n) is 12.0. The van der Waals surface area contributed by atoms with E-state index in [1.807, 2.05) is 0 Å². The van der Waals surface area contributed by atoms with E-state index in [4.69, 9.17) is 0 Å². The molecule has 0 saturated carbocycles. The van der Waals surface area contributed by atoms with E-state index in [0.717, 1.165) is 19.0 Å². The Morgan fingerprint density at radius 2 is 2.20 bits per heavy atom. The van der Waals surface area contributed by atoms with Crippen LogP contribution >= 0.6 is 0 Å². The summed E-state index contributed by atoms with van der Waals surface area (Å²) in [4.78, 5) is 26.2. The van der Waals surface area contributed by atoms with Gasteiger partial charge in [-0.1, -0.05) is 13.8 Å². The van der Waals surface area contributed by atoms with Gasteiger partial charge in [-0.05, 0) is 18.8 Å². The molecule has 2 N–H and O–H groups in total. The van der Waals surface area contributed by atoms with Crippen molar-refractivity contribution < 1.29 is 9.72 Å². The van der Waals surface area contributed by atoms with Crippen LogP contribution in [0.2, 0.25) is 0 Å². The Kier molecular flexibility index (Phi) is 5.89. The molecule has 0 atom stereocenters. The number of nitrogens with zero attached hydrogens (tertiary/aromatic N) is 2. The fraction of sp³-hybridized carbons (Fsp3) is 0.538. The molecule has 1 amide bonds. The van der Waals surface area contributed by atoms with Crippen molar-refractivity contribution in [1.29, 1.82) is 0 Å². The second-order valence-corrected chi connectivity index (χ2v) is 4.89. The van der Waals surface area contributed by atoms with Gasteiger partial charge in [0, 0.05) is 19.7 Å². The summed E-state index contributed by atoms with van der Waals surface area (Å²) in [7, 11) is 1.64. The molecule has 110 valence electrons. The largest absolute Gasteiger partial charge is 0.373 e. The van der Waals surface area contributed by atoms with Gasteiger partial charge in [-0.2, -0.15) is 0 Å². The number of anilines is 1. The van der Waals surface area contributed by atoms with E-state index in [-0.39, 0.29) is 11.3 Å². The number of nitro groups is 1. The first-order valence-electron chi connectivity index (χ1n) is 6.56. The Bertz CT molecular complexity index is 489. The first-order valence-corrected chi connectivity index (χ1v) is 6.56. The molecule has 7 nitrogen and oxygen atoms in total. The van der Waals surface area contributed by atoms with Gasteiger partial charge in [-0.3, -0.25) is 14.9 Å². The van der Waals surface area contributed by atoms with E-state index in [1.54, 1.807) is 7.05 Å². The molecule has 0 aromatic carbocycles. The molecule has 0 spiro atoms. The van der Waals surface area contributed by atoms with Crippen LogP contribution in [0.4, 0.5) is 11.5 Å². The minimum Gasteiger partial charge on any atom is -0.373 e. The van der Waals surface area contributed by atoms with Crippen LogP contribution in [0.3, 0.4) is 0 Å². The van der Waals surface area contributed by atoms with Crippen LogP contribution in [0, 0.1) is 16.0 Å². The Balaban J connectivity index is 2.77. The molecule has 0 unspecified atom stereocenters. The standard InChI is InChI=1S/C13H20N4O3/c1-9(2)5-4-6-15-13(18)10-7-12(14-3)16-8-11(10)17(19)20/h7-9H,4-6H2,1-3H3,(H,14,16)(H,15,18). The lowest BCUT2D eigenvalue weighted by molar-refractivity contribution is -0.385. The number of hydrogen-bond acceptors (Lipinski definition) is 5. The molecule has 0 aliphatic rings. The van der Waals surface area contributed by atoms with Crippen LogP contribution < -0.4 is 10.6 Å². The highest BCUT2D eigenvalue weighted by Crippen LogP contribution is 2.20. The molecular formula is C13H20N4O3. The van der Waals surface area contributed by atoms with Crippen LogP contribution in [0.15, 0.2) is 12.3 Å². The van der Waals surface area contributed by atoms with Crippen LogP contribution in [0.25, 0.3) is 0 Å². The van der Waals surface area contributed by atoms with Gasteiger partial charge in [0.2, 0.25) is 0 Å². The van der Waals surface area contributed by atoms with Gasteiger partial charge in [0.05, 0.1) is 4.92 Å². The van der Waals surface area contributed by atoms with Crippen molar-refractivity contribution in [3.05, 3.63) is 27.9 Å². The lowest BCUT2D eigenvalue weighted by Gasteiger charge is -2.08. The molecule has 7 heteroatoms. The van der Waals surface area contributed by atoms with Crippen molar-refractivity contribution in [3.63, 3.8) is 0 Å². The van der Waals surface area contributed by atoms with Crippen molar-refractivity contribution >= 4 is 17.4 Å². The predicted molar refractivity (Wildman–Crippen MR) is 76.8 cm³/mol. The second-order valence-electron chi connectivity index (χ2n) is 4.89. The van der Waals surface area contributed by atoms with Gasteiger partial charge in [0.25, 0.3) is 11.6 Å². The van der Waals surface area contributed by atoms with Crippen molar-refractivity contribution in [3.8, 4) is 0 Å². The first kappa shape index (κ1) is 15.9. The maximum absolute atomic E-state index is 12.0. The maximum atomic E-state index is 12.0. The molecule has 0 aliphatic heterocycles. The third-order valence-electron chi connectivity index (χ3n) is 2.82. The summed E-state index contributed by atoms with van der Waals surface area (Å²) < 4.78 is 0. The average Bonchev–Trinajstić information content (AvgIpc) is 2.42. The van der Waals surface area contributed by atoms with Crippen LogP contribution in [-0.4, -0.2) is 29.4 Å². The summed E-state index contributed by atoms with van der Waals surface area (Å²) >= 11 is 0. The van der Waals surface area contributed by atoms with Gasteiger partial charge >= 0.3 is 0 Å². The molecule has 0 radical (unpaired) electrons. The average molecular weight is 280 g/mol. The van der Waals surface area contributed by atoms with Crippen LogP contribution in [0.5, 0.6) is 0 Å². The second kappa shape index (κ2) is 7.42. The van der Waals surface area contributed by atoms with E-state index in [9.17, 15) is 14.9 Å². The molecule has 1 heterocycles. The summed E-state index contributed by atoms with van der Waals surface area (Å²) in [6.45, 7) is 4.72. The Labute approximate surface area is 117 Å². The normalized spacial score (nSPS) is 10.4. The van der Waals surface area contributed by atoms with Gasteiger partial charge in [-0.15, -0.1) is 0 Å². The Hall–Kier alpha value is -2.18. The number of rotatable bonds is 7. The van der Waals surface area contributed by atoms with Gasteiger partial charge < -0.3 is 10.6 Å². The molecule has 20 heavy (non-hydrogen) atoms. The summed E-state index contributed by atoms with van der Waals surface area (Å²) in [6.07, 6.45) is 2.94. The minimum absolute atomic E-state index is 0.0268. The highest BCUT2D eigenvalue weighted by Gasteiger charge is 2.21. The number of pyridine rings is 1. The first-order chi connectivity index (χ1) is 9.45. The van der Waals surface area contributed by atoms with Crippen molar-refractivity contribution in [2.45, 2.75) is 26.7 Å². The summed E-state index contributed by atoms with van der Waals surface area (Å²) in [5, 5.41) is 16.4. The van der Waals surface area contributed by atoms with Crippen molar-refractivity contribution in [2.75, 3.05) is 18.9 Å². The monoisotopic (exact) mass is 280 g/mol. The van der Waals surface area contributed by atoms with Crippen molar-refractivity contribution in [1.82, 2.24) is 10.3 Å². The third-order valence-corrected chi connectivity index (χ3v) is 2.82. The molecule has 1 aromatic rings. The fourth-order valence-electron chi connectivity index (χ4n) is 1.72. The number of nitrogens with one attached hydrogen (secondary N) is 2. The maximum Gasteiger partial charge on any atom is 0.300 e. The molecular weight excluding hydrogens is 260 g/mol. The number of carbonyl (C=O) groups is 1. The van der Waals surface area contributed by atoms with E-state index in [1.165, 1.54) is 6.07 Å². The summed E-state index contributed by atoms with van der Waals surface area (Å²) in [6, 6.07) is 1.38. The molecule has 1 rings (SSSR count). The van der Waals surface area contributed by atoms with Crippen LogP contribution in [-0.2, 0) is 0 Å². The smallest absolute Gasteiger partial charge is 0.300 e. The van der Waals surface area contributed by atoms with E-state index < -0.39 is 10.8 Å². The van der Waals surface area contributed by atoms with E-state index in [2.05, 4.69) is 29.5 Å².